The molecule has 10 heavy (non-hydrogen) atoms. The van der Waals surface area contributed by atoms with Gasteiger partial charge >= 0.3 is 0 Å². The van der Waals surface area contributed by atoms with E-state index in [4.69, 9.17) is 11.6 Å². The van der Waals surface area contributed by atoms with Gasteiger partial charge in [-0.3, -0.25) is 4.94 Å². The molecule has 0 N–H and O–H groups in total. The van der Waals surface area contributed by atoms with Gasteiger partial charge < -0.3 is 0 Å². The second-order valence-electron chi connectivity index (χ2n) is 1.63. The predicted molar refractivity (Wildman–Crippen MR) is 33.1 cm³/mol. The van der Waals surface area contributed by atoms with Crippen LogP contribution in [0.25, 0.3) is 0 Å². The predicted octanol–water partition coefficient (Wildman–Crippen LogP) is 2.74. The van der Waals surface area contributed by atoms with Crippen LogP contribution in [0.2, 0.25) is 5.02 Å². The molecule has 1 aromatic rings. The van der Waals surface area contributed by atoms with E-state index in [1.165, 1.54) is 12.1 Å². The fourth-order valence-corrected chi connectivity index (χ4v) is 0.748. The van der Waals surface area contributed by atoms with E-state index in [0.29, 0.717) is 0 Å². The molecule has 0 aliphatic heterocycles. The standard InChI is InChI=1S/C6H3ClF2O/c7-4-2-1-3-5(8)6(4)10-9/h1-3H. The van der Waals surface area contributed by atoms with Gasteiger partial charge in [-0.1, -0.05) is 17.7 Å². The maximum absolute atomic E-state index is 12.4. The fourth-order valence-electron chi connectivity index (χ4n) is 0.556. The largest absolute Gasteiger partial charge is 0.290 e. The van der Waals surface area contributed by atoms with Gasteiger partial charge in [-0.25, -0.2) is 4.39 Å². The van der Waals surface area contributed by atoms with Gasteiger partial charge in [0.2, 0.25) is 5.75 Å². The maximum Gasteiger partial charge on any atom is 0.225 e. The Bertz CT molecular complexity index is 219. The average Bonchev–Trinajstić information content (AvgIpc) is 1.88. The summed E-state index contributed by atoms with van der Waals surface area (Å²) in [5.41, 5.74) is 0. The lowest BCUT2D eigenvalue weighted by atomic mass is 10.3. The lowest BCUT2D eigenvalue weighted by Gasteiger charge is -1.96. The molecule has 0 amide bonds. The van der Waals surface area contributed by atoms with Gasteiger partial charge in [-0.05, 0) is 12.1 Å². The van der Waals surface area contributed by atoms with E-state index in [1.807, 2.05) is 0 Å². The highest BCUT2D eigenvalue weighted by atomic mass is 35.5. The summed E-state index contributed by atoms with van der Waals surface area (Å²) >= 11 is 5.32. The van der Waals surface area contributed by atoms with Crippen LogP contribution in [0.1, 0.15) is 0 Å². The number of rotatable bonds is 1. The monoisotopic (exact) mass is 164 g/mol. The Labute approximate surface area is 61.1 Å². The van der Waals surface area contributed by atoms with Crippen LogP contribution >= 0.6 is 11.6 Å². The Hall–Kier alpha value is -0.830. The molecule has 54 valence electrons. The highest BCUT2D eigenvalue weighted by molar-refractivity contribution is 6.32. The van der Waals surface area contributed by atoms with Gasteiger partial charge in [0.25, 0.3) is 0 Å². The Morgan fingerprint density at radius 2 is 2.10 bits per heavy atom. The van der Waals surface area contributed by atoms with Crippen LogP contribution in [0, 0.1) is 5.82 Å². The van der Waals surface area contributed by atoms with Crippen molar-refractivity contribution in [1.29, 1.82) is 0 Å². The molecular formula is C6H3ClF2O. The van der Waals surface area contributed by atoms with Crippen molar-refractivity contribution in [2.45, 2.75) is 0 Å². The molecule has 1 aromatic carbocycles. The Morgan fingerprint density at radius 3 is 2.50 bits per heavy atom. The molecule has 4 heteroatoms. The Morgan fingerprint density at radius 1 is 1.40 bits per heavy atom. The van der Waals surface area contributed by atoms with E-state index in [-0.39, 0.29) is 5.02 Å². The third kappa shape index (κ3) is 1.19. The van der Waals surface area contributed by atoms with Crippen LogP contribution in [0.4, 0.5) is 8.92 Å². The molecule has 0 spiro atoms. The van der Waals surface area contributed by atoms with Crippen molar-refractivity contribution in [1.82, 2.24) is 0 Å². The van der Waals surface area contributed by atoms with Gasteiger partial charge in [0.1, 0.15) is 0 Å². The minimum atomic E-state index is -0.810. The number of hydrogen-bond acceptors (Lipinski definition) is 1. The summed E-state index contributed by atoms with van der Waals surface area (Å²) in [6.45, 7) is 0. The normalized spacial score (nSPS) is 9.50. The van der Waals surface area contributed by atoms with Crippen LogP contribution in [0.3, 0.4) is 0 Å². The quantitative estimate of drug-likeness (QED) is 0.620. The number of benzene rings is 1. The van der Waals surface area contributed by atoms with E-state index >= 15 is 0 Å². The lowest BCUT2D eigenvalue weighted by Crippen LogP contribution is -1.83. The molecule has 1 rings (SSSR count). The highest BCUT2D eigenvalue weighted by Gasteiger charge is 2.07. The molecule has 0 heterocycles. The second-order valence-corrected chi connectivity index (χ2v) is 2.04. The summed E-state index contributed by atoms with van der Waals surface area (Å²) < 4.78 is 23.8. The highest BCUT2D eigenvalue weighted by Crippen LogP contribution is 2.26. The first-order chi connectivity index (χ1) is 4.75. The molecule has 0 atom stereocenters. The van der Waals surface area contributed by atoms with Gasteiger partial charge in [-0.2, -0.15) is 0 Å². The SMILES string of the molecule is FOc1c(F)cccc1Cl. The van der Waals surface area contributed by atoms with E-state index in [2.05, 4.69) is 4.94 Å². The van der Waals surface area contributed by atoms with Crippen LogP contribution < -0.4 is 4.94 Å². The third-order valence-corrected chi connectivity index (χ3v) is 1.29. The van der Waals surface area contributed by atoms with Crippen LogP contribution in [-0.2, 0) is 0 Å². The molecule has 0 aliphatic rings. The maximum atomic E-state index is 12.4. The van der Waals surface area contributed by atoms with Crippen LogP contribution in [0.15, 0.2) is 18.2 Å². The minimum absolute atomic E-state index is 0.0810. The first kappa shape index (κ1) is 7.28. The molecule has 0 fully saturated rings. The van der Waals surface area contributed by atoms with Crippen molar-refractivity contribution in [3.63, 3.8) is 0 Å². The molecule has 0 aromatic heterocycles. The fraction of sp³-hybridized carbons (Fsp3) is 0. The second kappa shape index (κ2) is 2.84. The number of halogens is 3. The molecule has 0 saturated heterocycles. The van der Waals surface area contributed by atoms with Gasteiger partial charge in [0, 0.05) is 4.53 Å². The first-order valence-electron chi connectivity index (χ1n) is 2.48. The molecule has 0 saturated carbocycles. The molecule has 1 nitrogen and oxygen atoms in total. The average molecular weight is 165 g/mol. The summed E-state index contributed by atoms with van der Waals surface area (Å²) in [4.78, 5) is 3.17. The molecule has 0 bridgehead atoms. The summed E-state index contributed by atoms with van der Waals surface area (Å²) in [6, 6.07) is 3.75. The topological polar surface area (TPSA) is 9.23 Å². The number of hydrogen-bond donors (Lipinski definition) is 0. The third-order valence-electron chi connectivity index (χ3n) is 0.996. The van der Waals surface area contributed by atoms with Gasteiger partial charge in [0.05, 0.1) is 5.02 Å². The molecular weight excluding hydrogens is 162 g/mol. The Balaban J connectivity index is 3.17. The van der Waals surface area contributed by atoms with Crippen molar-refractivity contribution in [3.8, 4) is 5.75 Å². The smallest absolute Gasteiger partial charge is 0.225 e. The van der Waals surface area contributed by atoms with E-state index in [9.17, 15) is 8.92 Å². The molecule has 0 radical (unpaired) electrons. The van der Waals surface area contributed by atoms with Crippen molar-refractivity contribution in [3.05, 3.63) is 29.0 Å². The molecule has 0 aliphatic carbocycles. The van der Waals surface area contributed by atoms with E-state index in [0.717, 1.165) is 6.07 Å². The van der Waals surface area contributed by atoms with Crippen molar-refractivity contribution in [2.75, 3.05) is 0 Å². The van der Waals surface area contributed by atoms with Gasteiger partial charge in [0.15, 0.2) is 5.82 Å². The minimum Gasteiger partial charge on any atom is -0.290 e. The molecule has 0 unspecified atom stereocenters. The Kier molecular flexibility index (Phi) is 2.06. The van der Waals surface area contributed by atoms with Crippen LogP contribution in [0.5, 0.6) is 5.75 Å². The summed E-state index contributed by atoms with van der Waals surface area (Å²) in [7, 11) is 0. The lowest BCUT2D eigenvalue weighted by molar-refractivity contribution is -0.0105. The zero-order valence-electron chi connectivity index (χ0n) is 4.77. The summed E-state index contributed by atoms with van der Waals surface area (Å²) in [5.74, 6) is -1.38. The van der Waals surface area contributed by atoms with E-state index < -0.39 is 11.6 Å². The summed E-state index contributed by atoms with van der Waals surface area (Å²) in [6.07, 6.45) is 0. The zero-order chi connectivity index (χ0) is 7.56. The summed E-state index contributed by atoms with van der Waals surface area (Å²) in [5, 5.41) is -0.0810. The number of para-hydroxylation sites is 1. The van der Waals surface area contributed by atoms with Crippen molar-refractivity contribution in [2.24, 2.45) is 0 Å². The zero-order valence-corrected chi connectivity index (χ0v) is 5.53. The van der Waals surface area contributed by atoms with Gasteiger partial charge in [-0.15, -0.1) is 0 Å². The van der Waals surface area contributed by atoms with Crippen molar-refractivity contribution >= 4 is 11.6 Å². The van der Waals surface area contributed by atoms with E-state index in [1.54, 1.807) is 0 Å². The first-order valence-corrected chi connectivity index (χ1v) is 2.86. The van der Waals surface area contributed by atoms with Crippen LogP contribution in [-0.4, -0.2) is 0 Å². The van der Waals surface area contributed by atoms with Crippen molar-refractivity contribution < 1.29 is 13.9 Å².